The molecule has 0 unspecified atom stereocenters. The van der Waals surface area contributed by atoms with Gasteiger partial charge in [-0.05, 0) is 24.3 Å². The van der Waals surface area contributed by atoms with Crippen LogP contribution in [0.1, 0.15) is 0 Å². The normalized spacial score (nSPS) is 11.4. The number of hydrogen-bond acceptors (Lipinski definition) is 3. The van der Waals surface area contributed by atoms with Crippen LogP contribution in [0.4, 0.5) is 0 Å². The summed E-state index contributed by atoms with van der Waals surface area (Å²) in [5.74, 6) is 0.458. The maximum Gasteiger partial charge on any atom is 0.332 e. The van der Waals surface area contributed by atoms with Gasteiger partial charge in [0.1, 0.15) is 0 Å². The topological polar surface area (TPSA) is 63.8 Å². The van der Waals surface area contributed by atoms with E-state index in [1.807, 2.05) is 24.3 Å². The summed E-state index contributed by atoms with van der Waals surface area (Å²) >= 11 is 5.92. The molecule has 1 N–H and O–H groups in total. The molecule has 0 fully saturated rings. The fourth-order valence-electron chi connectivity index (χ4n) is 2.32. The second kappa shape index (κ2) is 3.98. The molecule has 0 aliphatic rings. The van der Waals surface area contributed by atoms with E-state index >= 15 is 0 Å². The second-order valence-electron chi connectivity index (χ2n) is 4.43. The van der Waals surface area contributed by atoms with E-state index in [1.54, 1.807) is 18.2 Å². The zero-order valence-corrected chi connectivity index (χ0v) is 10.9. The number of rotatable bonds is 1. The number of nitrogens with zero attached hydrogens (tertiary/aromatic N) is 2. The molecule has 2 heterocycles. The summed E-state index contributed by atoms with van der Waals surface area (Å²) in [7, 11) is 0. The summed E-state index contributed by atoms with van der Waals surface area (Å²) < 4.78 is 6.74. The number of imidazole rings is 1. The number of halogens is 1. The number of para-hydroxylation sites is 2. The predicted molar refractivity (Wildman–Crippen MR) is 76.5 cm³/mol. The number of hydrogen-bond donors (Lipinski definition) is 1. The highest BCUT2D eigenvalue weighted by Crippen LogP contribution is 2.25. The summed E-state index contributed by atoms with van der Waals surface area (Å²) in [6.07, 6.45) is 0. The van der Waals surface area contributed by atoms with Crippen molar-refractivity contribution in [3.8, 4) is 5.82 Å². The van der Waals surface area contributed by atoms with Gasteiger partial charge in [0.25, 0.3) is 0 Å². The van der Waals surface area contributed by atoms with Gasteiger partial charge in [-0.2, -0.15) is 0 Å². The van der Waals surface area contributed by atoms with Crippen LogP contribution >= 0.6 is 11.6 Å². The Kier molecular flexibility index (Phi) is 2.25. The van der Waals surface area contributed by atoms with E-state index in [2.05, 4.69) is 10.1 Å². The standard InChI is InChI=1S/C14H8ClN3O2/c15-8-5-6-9-12(7-8)20-17-13(9)18-11-4-2-1-3-10(11)16-14(18)19/h1-7H,(H,16,19). The largest absolute Gasteiger partial charge is 0.354 e. The Morgan fingerprint density at radius 2 is 2.05 bits per heavy atom. The van der Waals surface area contributed by atoms with Gasteiger partial charge in [-0.15, -0.1) is 0 Å². The van der Waals surface area contributed by atoms with Crippen LogP contribution < -0.4 is 5.69 Å². The lowest BCUT2D eigenvalue weighted by Gasteiger charge is -1.98. The molecule has 4 aromatic rings. The summed E-state index contributed by atoms with van der Waals surface area (Å²) in [6, 6.07) is 12.6. The number of aromatic amines is 1. The van der Waals surface area contributed by atoms with E-state index in [-0.39, 0.29) is 5.69 Å². The lowest BCUT2D eigenvalue weighted by molar-refractivity contribution is 0.452. The zero-order chi connectivity index (χ0) is 13.7. The van der Waals surface area contributed by atoms with Crippen molar-refractivity contribution in [1.82, 2.24) is 14.7 Å². The van der Waals surface area contributed by atoms with Crippen molar-refractivity contribution in [2.24, 2.45) is 0 Å². The van der Waals surface area contributed by atoms with Gasteiger partial charge < -0.3 is 9.51 Å². The number of fused-ring (bicyclic) bond motifs is 2. The molecular weight excluding hydrogens is 278 g/mol. The van der Waals surface area contributed by atoms with E-state index in [0.29, 0.717) is 16.4 Å². The van der Waals surface area contributed by atoms with Crippen LogP contribution in [0.2, 0.25) is 5.02 Å². The van der Waals surface area contributed by atoms with Gasteiger partial charge in [0.2, 0.25) is 0 Å². The van der Waals surface area contributed by atoms with E-state index in [4.69, 9.17) is 16.1 Å². The fraction of sp³-hybridized carbons (Fsp3) is 0. The Morgan fingerprint density at radius 1 is 1.20 bits per heavy atom. The molecule has 0 radical (unpaired) electrons. The van der Waals surface area contributed by atoms with E-state index < -0.39 is 0 Å². The molecule has 0 aliphatic heterocycles. The molecule has 0 saturated carbocycles. The van der Waals surface area contributed by atoms with Crippen LogP contribution in [0.15, 0.2) is 51.8 Å². The molecule has 6 heteroatoms. The highest BCUT2D eigenvalue weighted by Gasteiger charge is 2.15. The van der Waals surface area contributed by atoms with Crippen molar-refractivity contribution in [2.45, 2.75) is 0 Å². The van der Waals surface area contributed by atoms with Crippen molar-refractivity contribution in [3.63, 3.8) is 0 Å². The highest BCUT2D eigenvalue weighted by molar-refractivity contribution is 6.31. The third-order valence-electron chi connectivity index (χ3n) is 3.22. The second-order valence-corrected chi connectivity index (χ2v) is 4.87. The summed E-state index contributed by atoms with van der Waals surface area (Å²) in [5.41, 5.74) is 1.80. The van der Waals surface area contributed by atoms with Gasteiger partial charge >= 0.3 is 5.69 Å². The van der Waals surface area contributed by atoms with Gasteiger partial charge in [-0.3, -0.25) is 0 Å². The van der Waals surface area contributed by atoms with Crippen LogP contribution in [-0.4, -0.2) is 14.7 Å². The minimum atomic E-state index is -0.253. The van der Waals surface area contributed by atoms with Crippen molar-refractivity contribution in [3.05, 3.63) is 58.0 Å². The van der Waals surface area contributed by atoms with Crippen LogP contribution in [-0.2, 0) is 0 Å². The Hall–Kier alpha value is -2.53. The fourth-order valence-corrected chi connectivity index (χ4v) is 2.49. The Balaban J connectivity index is 2.11. The van der Waals surface area contributed by atoms with Gasteiger partial charge in [0.05, 0.1) is 16.4 Å². The van der Waals surface area contributed by atoms with Gasteiger partial charge in [-0.25, -0.2) is 9.36 Å². The Bertz CT molecular complexity index is 996. The lowest BCUT2D eigenvalue weighted by Crippen LogP contribution is -2.15. The monoisotopic (exact) mass is 285 g/mol. The number of aromatic nitrogens is 3. The van der Waals surface area contributed by atoms with Crippen molar-refractivity contribution in [1.29, 1.82) is 0 Å². The lowest BCUT2D eigenvalue weighted by atomic mass is 10.2. The minimum Gasteiger partial charge on any atom is -0.354 e. The number of H-pyrrole nitrogens is 1. The van der Waals surface area contributed by atoms with Crippen molar-refractivity contribution in [2.75, 3.05) is 0 Å². The van der Waals surface area contributed by atoms with Crippen LogP contribution in [0, 0.1) is 0 Å². The van der Waals surface area contributed by atoms with Crippen molar-refractivity contribution >= 4 is 33.6 Å². The molecule has 0 aliphatic carbocycles. The summed E-state index contributed by atoms with van der Waals surface area (Å²) in [4.78, 5) is 14.9. The molecule has 0 saturated heterocycles. The molecule has 5 nitrogen and oxygen atoms in total. The molecule has 0 bridgehead atoms. The van der Waals surface area contributed by atoms with Gasteiger partial charge in [-0.1, -0.05) is 28.9 Å². The molecule has 98 valence electrons. The van der Waals surface area contributed by atoms with Crippen LogP contribution in [0.25, 0.3) is 27.8 Å². The quantitative estimate of drug-likeness (QED) is 0.584. The predicted octanol–water partition coefficient (Wildman–Crippen LogP) is 3.11. The maximum atomic E-state index is 12.1. The van der Waals surface area contributed by atoms with Gasteiger partial charge in [0.15, 0.2) is 11.4 Å². The molecule has 20 heavy (non-hydrogen) atoms. The van der Waals surface area contributed by atoms with E-state index in [0.717, 1.165) is 16.4 Å². The van der Waals surface area contributed by atoms with Crippen LogP contribution in [0.3, 0.4) is 0 Å². The molecule has 0 atom stereocenters. The van der Waals surface area contributed by atoms with Crippen molar-refractivity contribution < 1.29 is 4.52 Å². The Morgan fingerprint density at radius 3 is 2.95 bits per heavy atom. The first kappa shape index (κ1) is 11.3. The molecule has 0 amide bonds. The molecular formula is C14H8ClN3O2. The number of nitrogens with one attached hydrogen (secondary N) is 1. The van der Waals surface area contributed by atoms with Crippen LogP contribution in [0.5, 0.6) is 0 Å². The van der Waals surface area contributed by atoms with Gasteiger partial charge in [0, 0.05) is 11.1 Å². The molecule has 4 rings (SSSR count). The Labute approximate surface area is 117 Å². The average molecular weight is 286 g/mol. The molecule has 0 spiro atoms. The average Bonchev–Trinajstić information content (AvgIpc) is 2.97. The third-order valence-corrected chi connectivity index (χ3v) is 3.45. The summed E-state index contributed by atoms with van der Waals surface area (Å²) in [5, 5.41) is 5.30. The van der Waals surface area contributed by atoms with E-state index in [1.165, 1.54) is 4.57 Å². The minimum absolute atomic E-state index is 0.253. The smallest absolute Gasteiger partial charge is 0.332 e. The SMILES string of the molecule is O=c1[nH]c2ccccc2n1-c1noc2cc(Cl)ccc12. The highest BCUT2D eigenvalue weighted by atomic mass is 35.5. The first-order valence-corrected chi connectivity index (χ1v) is 6.37. The first-order chi connectivity index (χ1) is 9.74. The third kappa shape index (κ3) is 1.50. The zero-order valence-electron chi connectivity index (χ0n) is 10.1. The maximum absolute atomic E-state index is 12.1. The number of benzene rings is 2. The molecule has 2 aromatic heterocycles. The molecule has 2 aromatic carbocycles. The first-order valence-electron chi connectivity index (χ1n) is 5.99. The van der Waals surface area contributed by atoms with E-state index in [9.17, 15) is 4.79 Å². The summed E-state index contributed by atoms with van der Waals surface area (Å²) in [6.45, 7) is 0.